The van der Waals surface area contributed by atoms with E-state index < -0.39 is 0 Å². The van der Waals surface area contributed by atoms with Crippen LogP contribution in [0.2, 0.25) is 0 Å². The van der Waals surface area contributed by atoms with Gasteiger partial charge in [0.1, 0.15) is 12.1 Å². The predicted molar refractivity (Wildman–Crippen MR) is 59.7 cm³/mol. The average molecular weight is 219 g/mol. The fourth-order valence-corrected chi connectivity index (χ4v) is 1.26. The summed E-state index contributed by atoms with van der Waals surface area (Å²) in [5, 5.41) is 3.04. The molecule has 6 nitrogen and oxygen atoms in total. The van der Waals surface area contributed by atoms with E-state index in [1.165, 1.54) is 6.33 Å². The van der Waals surface area contributed by atoms with Gasteiger partial charge in [-0.05, 0) is 13.8 Å². The number of aromatic nitrogens is 3. The lowest BCUT2D eigenvalue weighted by Crippen LogP contribution is -2.05. The van der Waals surface area contributed by atoms with E-state index in [0.29, 0.717) is 23.9 Å². The van der Waals surface area contributed by atoms with E-state index in [1.807, 2.05) is 13.8 Å². The molecule has 16 heavy (non-hydrogen) atoms. The van der Waals surface area contributed by atoms with Crippen LogP contribution in [0.25, 0.3) is 0 Å². The summed E-state index contributed by atoms with van der Waals surface area (Å²) in [4.78, 5) is 12.1. The van der Waals surface area contributed by atoms with Crippen LogP contribution in [0.4, 0.5) is 11.5 Å². The minimum atomic E-state index is 0.454. The summed E-state index contributed by atoms with van der Waals surface area (Å²) < 4.78 is 5.42. The van der Waals surface area contributed by atoms with E-state index in [0.717, 1.165) is 11.5 Å². The van der Waals surface area contributed by atoms with Crippen molar-refractivity contribution in [2.24, 2.45) is 0 Å². The van der Waals surface area contributed by atoms with Crippen molar-refractivity contribution in [3.63, 3.8) is 0 Å². The summed E-state index contributed by atoms with van der Waals surface area (Å²) in [6.45, 7) is 4.24. The first-order valence-corrected chi connectivity index (χ1v) is 4.89. The normalized spacial score (nSPS) is 10.4. The average Bonchev–Trinajstić information content (AvgIpc) is 2.57. The molecular weight excluding hydrogens is 206 g/mol. The Hall–Kier alpha value is -2.11. The van der Waals surface area contributed by atoms with E-state index in [-0.39, 0.29) is 0 Å². The lowest BCUT2D eigenvalue weighted by Gasteiger charge is -2.04. The third kappa shape index (κ3) is 2.10. The molecule has 0 aliphatic rings. The molecule has 3 N–H and O–H groups in total. The molecule has 2 aromatic rings. The Morgan fingerprint density at radius 3 is 2.88 bits per heavy atom. The van der Waals surface area contributed by atoms with Crippen molar-refractivity contribution >= 4 is 11.5 Å². The molecule has 0 aliphatic heterocycles. The largest absolute Gasteiger partial charge is 0.444 e. The van der Waals surface area contributed by atoms with Crippen LogP contribution in [0.1, 0.15) is 17.3 Å². The minimum absolute atomic E-state index is 0.454. The first-order chi connectivity index (χ1) is 7.66. The quantitative estimate of drug-likeness (QED) is 0.808. The van der Waals surface area contributed by atoms with Crippen LogP contribution in [0.3, 0.4) is 0 Å². The van der Waals surface area contributed by atoms with Crippen LogP contribution in [0, 0.1) is 13.8 Å². The van der Waals surface area contributed by atoms with Crippen LogP contribution in [-0.4, -0.2) is 15.0 Å². The third-order valence-corrected chi connectivity index (χ3v) is 2.22. The monoisotopic (exact) mass is 219 g/mol. The van der Waals surface area contributed by atoms with Crippen LogP contribution in [0.5, 0.6) is 0 Å². The van der Waals surface area contributed by atoms with Gasteiger partial charge < -0.3 is 15.5 Å². The van der Waals surface area contributed by atoms with E-state index in [9.17, 15) is 0 Å². The Bertz CT molecular complexity index is 474. The van der Waals surface area contributed by atoms with Gasteiger partial charge >= 0.3 is 0 Å². The molecule has 2 rings (SSSR count). The van der Waals surface area contributed by atoms with Crippen molar-refractivity contribution in [3.05, 3.63) is 29.9 Å². The number of anilines is 2. The van der Waals surface area contributed by atoms with Gasteiger partial charge in [-0.1, -0.05) is 0 Å². The predicted octanol–water partition coefficient (Wildman–Crippen LogP) is 1.28. The van der Waals surface area contributed by atoms with Gasteiger partial charge in [0.05, 0.1) is 24.1 Å². The second-order valence-corrected chi connectivity index (χ2v) is 3.43. The van der Waals surface area contributed by atoms with E-state index in [1.54, 1.807) is 6.20 Å². The number of oxazole rings is 1. The van der Waals surface area contributed by atoms with Crippen molar-refractivity contribution in [3.8, 4) is 0 Å². The number of rotatable bonds is 3. The maximum absolute atomic E-state index is 5.68. The summed E-state index contributed by atoms with van der Waals surface area (Å²) >= 11 is 0. The summed E-state index contributed by atoms with van der Waals surface area (Å²) in [5.41, 5.74) is 7.08. The minimum Gasteiger partial charge on any atom is -0.444 e. The number of nitrogens with one attached hydrogen (secondary N) is 1. The Labute approximate surface area is 92.9 Å². The third-order valence-electron chi connectivity index (χ3n) is 2.22. The highest BCUT2D eigenvalue weighted by atomic mass is 16.4. The van der Waals surface area contributed by atoms with Crippen LogP contribution < -0.4 is 11.1 Å². The first-order valence-electron chi connectivity index (χ1n) is 4.89. The summed E-state index contributed by atoms with van der Waals surface area (Å²) in [5.74, 6) is 2.03. The van der Waals surface area contributed by atoms with E-state index >= 15 is 0 Å². The number of aryl methyl sites for hydroxylation is 2. The number of hydrogen-bond acceptors (Lipinski definition) is 6. The van der Waals surface area contributed by atoms with Gasteiger partial charge in [0.2, 0.25) is 5.89 Å². The highest BCUT2D eigenvalue weighted by Crippen LogP contribution is 2.14. The molecule has 0 atom stereocenters. The van der Waals surface area contributed by atoms with Crippen molar-refractivity contribution in [1.82, 2.24) is 15.0 Å². The number of nitrogens with two attached hydrogens (primary N) is 1. The highest BCUT2D eigenvalue weighted by Gasteiger charge is 2.06. The van der Waals surface area contributed by atoms with Gasteiger partial charge in [0.15, 0.2) is 5.82 Å². The fraction of sp³-hybridized carbons (Fsp3) is 0.300. The molecule has 0 unspecified atom stereocenters. The van der Waals surface area contributed by atoms with Crippen molar-refractivity contribution in [2.45, 2.75) is 20.4 Å². The molecule has 2 aromatic heterocycles. The molecule has 0 bridgehead atoms. The van der Waals surface area contributed by atoms with Gasteiger partial charge in [0, 0.05) is 0 Å². The molecule has 0 fully saturated rings. The molecule has 0 saturated heterocycles. The summed E-state index contributed by atoms with van der Waals surface area (Å²) in [7, 11) is 0. The van der Waals surface area contributed by atoms with Crippen LogP contribution >= 0.6 is 0 Å². The standard InChI is InChI=1S/C10H13N5O/c1-6-7(2)16-9(15-6)4-13-10-8(11)3-12-5-14-10/h3,5H,4,11H2,1-2H3,(H,12,13,14). The maximum Gasteiger partial charge on any atom is 0.213 e. The maximum atomic E-state index is 5.68. The number of hydrogen-bond donors (Lipinski definition) is 2. The topological polar surface area (TPSA) is 89.9 Å². The molecule has 84 valence electrons. The first kappa shape index (κ1) is 10.4. The van der Waals surface area contributed by atoms with Gasteiger partial charge in [0.25, 0.3) is 0 Å². The van der Waals surface area contributed by atoms with Gasteiger partial charge in [-0.15, -0.1) is 0 Å². The molecule has 0 radical (unpaired) electrons. The molecule has 0 amide bonds. The van der Waals surface area contributed by atoms with Crippen molar-refractivity contribution in [1.29, 1.82) is 0 Å². The summed E-state index contributed by atoms with van der Waals surface area (Å²) in [6.07, 6.45) is 2.98. The molecular formula is C10H13N5O. The molecule has 0 saturated carbocycles. The zero-order chi connectivity index (χ0) is 11.5. The summed E-state index contributed by atoms with van der Waals surface area (Å²) in [6, 6.07) is 0. The lowest BCUT2D eigenvalue weighted by atomic mass is 10.4. The Morgan fingerprint density at radius 1 is 1.44 bits per heavy atom. The molecule has 0 aliphatic carbocycles. The smallest absolute Gasteiger partial charge is 0.213 e. The number of nitrogens with zero attached hydrogens (tertiary/aromatic N) is 3. The lowest BCUT2D eigenvalue weighted by molar-refractivity contribution is 0.478. The van der Waals surface area contributed by atoms with E-state index in [2.05, 4.69) is 20.3 Å². The SMILES string of the molecule is Cc1nc(CNc2ncncc2N)oc1C. The van der Waals surface area contributed by atoms with Gasteiger partial charge in [-0.3, -0.25) is 0 Å². The molecule has 6 heteroatoms. The fourth-order valence-electron chi connectivity index (χ4n) is 1.26. The zero-order valence-electron chi connectivity index (χ0n) is 9.19. The van der Waals surface area contributed by atoms with Crippen LogP contribution in [-0.2, 0) is 6.54 Å². The second-order valence-electron chi connectivity index (χ2n) is 3.43. The van der Waals surface area contributed by atoms with Gasteiger partial charge in [-0.2, -0.15) is 0 Å². The van der Waals surface area contributed by atoms with Gasteiger partial charge in [-0.25, -0.2) is 15.0 Å². The molecule has 0 spiro atoms. The second kappa shape index (κ2) is 4.18. The van der Waals surface area contributed by atoms with Crippen molar-refractivity contribution in [2.75, 3.05) is 11.1 Å². The van der Waals surface area contributed by atoms with Crippen molar-refractivity contribution < 1.29 is 4.42 Å². The molecule has 2 heterocycles. The van der Waals surface area contributed by atoms with Crippen LogP contribution in [0.15, 0.2) is 16.9 Å². The Morgan fingerprint density at radius 2 is 2.25 bits per heavy atom. The van der Waals surface area contributed by atoms with E-state index in [4.69, 9.17) is 10.2 Å². The zero-order valence-corrected chi connectivity index (χ0v) is 9.19. The Kier molecular flexibility index (Phi) is 2.72. The highest BCUT2D eigenvalue weighted by molar-refractivity contribution is 5.58. The Balaban J connectivity index is 2.05. The number of nitrogen functional groups attached to an aromatic ring is 1. The molecule has 0 aromatic carbocycles.